The molecular formula is C28H24N2O. The third-order valence-electron chi connectivity index (χ3n) is 6.11. The van der Waals surface area contributed by atoms with Crippen LogP contribution in [0.2, 0.25) is 0 Å². The molecule has 0 bridgehead atoms. The van der Waals surface area contributed by atoms with E-state index in [1.165, 1.54) is 16.8 Å². The Kier molecular flexibility index (Phi) is 5.29. The van der Waals surface area contributed by atoms with Crippen LogP contribution in [0.25, 0.3) is 0 Å². The van der Waals surface area contributed by atoms with E-state index in [1.807, 2.05) is 30.5 Å². The highest BCUT2D eigenvalue weighted by molar-refractivity contribution is 5.85. The minimum Gasteiger partial charge on any atom is -0.480 e. The van der Waals surface area contributed by atoms with Crippen LogP contribution in [0.3, 0.4) is 0 Å². The second-order valence-corrected chi connectivity index (χ2v) is 7.94. The molecule has 0 amide bonds. The van der Waals surface area contributed by atoms with Crippen molar-refractivity contribution in [3.8, 4) is 18.1 Å². The lowest BCUT2D eigenvalue weighted by molar-refractivity contribution is 0.370. The number of terminal acetylenes is 1. The Morgan fingerprint density at radius 2 is 1.84 bits per heavy atom. The molecule has 0 saturated heterocycles. The molecule has 3 aromatic carbocycles. The van der Waals surface area contributed by atoms with Crippen molar-refractivity contribution < 1.29 is 4.74 Å². The summed E-state index contributed by atoms with van der Waals surface area (Å²) in [6.07, 6.45) is 12.9. The Morgan fingerprint density at radius 1 is 1.03 bits per heavy atom. The van der Waals surface area contributed by atoms with Gasteiger partial charge in [-0.2, -0.15) is 0 Å². The van der Waals surface area contributed by atoms with Crippen molar-refractivity contribution in [1.82, 2.24) is 0 Å². The number of nitrogens with zero attached hydrogens (tertiary/aromatic N) is 1. The van der Waals surface area contributed by atoms with E-state index in [1.54, 1.807) is 0 Å². The van der Waals surface area contributed by atoms with Gasteiger partial charge in [-0.15, -0.1) is 6.42 Å². The maximum Gasteiger partial charge on any atom is 0.148 e. The van der Waals surface area contributed by atoms with E-state index >= 15 is 0 Å². The summed E-state index contributed by atoms with van der Waals surface area (Å²) in [5, 5.41) is 3.78. The summed E-state index contributed by atoms with van der Waals surface area (Å²) in [6.45, 7) is 0.244. The van der Waals surface area contributed by atoms with Gasteiger partial charge in [-0.3, -0.25) is 4.99 Å². The van der Waals surface area contributed by atoms with Crippen LogP contribution in [0, 0.1) is 18.3 Å². The fourth-order valence-corrected chi connectivity index (χ4v) is 4.62. The molecule has 152 valence electrons. The molecule has 0 saturated carbocycles. The largest absolute Gasteiger partial charge is 0.480 e. The molecule has 31 heavy (non-hydrogen) atoms. The first-order valence-electron chi connectivity index (χ1n) is 10.6. The highest BCUT2D eigenvalue weighted by Gasteiger charge is 2.37. The van der Waals surface area contributed by atoms with E-state index in [9.17, 15) is 0 Å². The van der Waals surface area contributed by atoms with Crippen molar-refractivity contribution in [1.29, 1.82) is 0 Å². The number of fused-ring (bicyclic) bond motifs is 3. The van der Waals surface area contributed by atoms with Crippen molar-refractivity contribution in [3.63, 3.8) is 0 Å². The standard InChI is InChI=1S/C28H24N2O/c1-2-18-31-27-13-6-3-8-21(27)19-29-22-16-14-20(15-17-22)28-25-11-7-10-23(25)24-9-4-5-12-26(24)30-28/h1,3-10,12-17,19,23,25,28,30H,11,18H2/t23-,25-,28+/m1/s1. The summed E-state index contributed by atoms with van der Waals surface area (Å²) in [7, 11) is 0. The summed E-state index contributed by atoms with van der Waals surface area (Å²) in [5.74, 6) is 4.27. The normalized spacial score (nSPS) is 21.2. The van der Waals surface area contributed by atoms with Crippen molar-refractivity contribution in [3.05, 3.63) is 102 Å². The number of anilines is 1. The number of ether oxygens (including phenoxy) is 1. The van der Waals surface area contributed by atoms with Gasteiger partial charge in [0.25, 0.3) is 0 Å². The van der Waals surface area contributed by atoms with Crippen molar-refractivity contribution in [2.24, 2.45) is 10.9 Å². The van der Waals surface area contributed by atoms with Gasteiger partial charge in [0.05, 0.1) is 11.7 Å². The van der Waals surface area contributed by atoms with Crippen LogP contribution in [-0.4, -0.2) is 12.8 Å². The first-order valence-corrected chi connectivity index (χ1v) is 10.6. The van der Waals surface area contributed by atoms with E-state index in [2.05, 4.69) is 76.9 Å². The summed E-state index contributed by atoms with van der Waals surface area (Å²) < 4.78 is 5.60. The minimum atomic E-state index is 0.244. The smallest absolute Gasteiger partial charge is 0.148 e. The van der Waals surface area contributed by atoms with E-state index < -0.39 is 0 Å². The topological polar surface area (TPSA) is 33.6 Å². The van der Waals surface area contributed by atoms with E-state index in [0.717, 1.165) is 23.4 Å². The molecule has 3 aromatic rings. The van der Waals surface area contributed by atoms with Crippen molar-refractivity contribution in [2.45, 2.75) is 18.4 Å². The number of hydrogen-bond donors (Lipinski definition) is 1. The third-order valence-corrected chi connectivity index (χ3v) is 6.11. The van der Waals surface area contributed by atoms with Gasteiger partial charge < -0.3 is 10.1 Å². The van der Waals surface area contributed by atoms with E-state index in [4.69, 9.17) is 11.2 Å². The molecule has 3 nitrogen and oxygen atoms in total. The predicted molar refractivity (Wildman–Crippen MR) is 127 cm³/mol. The highest BCUT2D eigenvalue weighted by atomic mass is 16.5. The Hall–Kier alpha value is -3.77. The van der Waals surface area contributed by atoms with Crippen LogP contribution in [0.1, 0.15) is 35.1 Å². The molecule has 0 radical (unpaired) electrons. The minimum absolute atomic E-state index is 0.244. The number of para-hydroxylation sites is 2. The molecule has 0 spiro atoms. The molecule has 0 aromatic heterocycles. The van der Waals surface area contributed by atoms with E-state index in [0.29, 0.717) is 17.9 Å². The summed E-state index contributed by atoms with van der Waals surface area (Å²) in [4.78, 5) is 4.64. The monoisotopic (exact) mass is 404 g/mol. The molecule has 1 N–H and O–H groups in total. The van der Waals surface area contributed by atoms with Gasteiger partial charge in [0, 0.05) is 23.4 Å². The molecule has 5 rings (SSSR count). The van der Waals surface area contributed by atoms with Gasteiger partial charge in [-0.25, -0.2) is 0 Å². The zero-order valence-corrected chi connectivity index (χ0v) is 17.2. The van der Waals surface area contributed by atoms with Crippen LogP contribution in [0.4, 0.5) is 11.4 Å². The molecule has 1 aliphatic heterocycles. The maximum atomic E-state index is 5.60. The average molecular weight is 405 g/mol. The molecule has 0 fully saturated rings. The fourth-order valence-electron chi connectivity index (χ4n) is 4.62. The SMILES string of the molecule is C#CCOc1ccccc1C=Nc1ccc([C@@H]2Nc3ccccc3[C@H]3C=CC[C@H]32)cc1. The molecule has 0 unspecified atom stereocenters. The number of nitrogens with one attached hydrogen (secondary N) is 1. The number of rotatable bonds is 5. The zero-order valence-electron chi connectivity index (χ0n) is 17.2. The van der Waals surface area contributed by atoms with Crippen LogP contribution < -0.4 is 10.1 Å². The highest BCUT2D eigenvalue weighted by Crippen LogP contribution is 2.49. The number of aliphatic imine (C=N–C) groups is 1. The zero-order chi connectivity index (χ0) is 21.0. The Bertz CT molecular complexity index is 1170. The molecule has 2 aliphatic rings. The first-order chi connectivity index (χ1) is 15.3. The fraction of sp³-hybridized carbons (Fsp3) is 0.179. The van der Waals surface area contributed by atoms with Gasteiger partial charge in [-0.1, -0.05) is 60.5 Å². The van der Waals surface area contributed by atoms with Crippen LogP contribution in [0.5, 0.6) is 5.75 Å². The summed E-state index contributed by atoms with van der Waals surface area (Å²) in [6, 6.07) is 25.3. The van der Waals surface area contributed by atoms with Crippen molar-refractivity contribution in [2.75, 3.05) is 11.9 Å². The first kappa shape index (κ1) is 19.2. The summed E-state index contributed by atoms with van der Waals surface area (Å²) >= 11 is 0. The van der Waals surface area contributed by atoms with Gasteiger partial charge >= 0.3 is 0 Å². The van der Waals surface area contributed by atoms with Gasteiger partial charge in [-0.05, 0) is 53.8 Å². The predicted octanol–water partition coefficient (Wildman–Crippen LogP) is 6.28. The van der Waals surface area contributed by atoms with Crippen LogP contribution in [-0.2, 0) is 0 Å². The number of hydrogen-bond acceptors (Lipinski definition) is 3. The molecule has 3 atom stereocenters. The lowest BCUT2D eigenvalue weighted by Crippen LogP contribution is -2.28. The van der Waals surface area contributed by atoms with Gasteiger partial charge in [0.2, 0.25) is 0 Å². The Labute approximate surface area is 183 Å². The average Bonchev–Trinajstić information content (AvgIpc) is 3.32. The quantitative estimate of drug-likeness (QED) is 0.309. The molecule has 3 heteroatoms. The second kappa shape index (κ2) is 8.53. The Balaban J connectivity index is 1.36. The Morgan fingerprint density at radius 3 is 2.71 bits per heavy atom. The third kappa shape index (κ3) is 3.85. The number of benzene rings is 3. The summed E-state index contributed by atoms with van der Waals surface area (Å²) in [5.41, 5.74) is 5.76. The van der Waals surface area contributed by atoms with Gasteiger partial charge in [0.15, 0.2) is 0 Å². The van der Waals surface area contributed by atoms with Crippen LogP contribution >= 0.6 is 0 Å². The van der Waals surface area contributed by atoms with Crippen LogP contribution in [0.15, 0.2) is 89.9 Å². The van der Waals surface area contributed by atoms with E-state index in [-0.39, 0.29) is 6.61 Å². The molecule has 1 heterocycles. The maximum absolute atomic E-state index is 5.60. The van der Waals surface area contributed by atoms with Gasteiger partial charge in [0.1, 0.15) is 12.4 Å². The lowest BCUT2D eigenvalue weighted by Gasteiger charge is -2.37. The van der Waals surface area contributed by atoms with Crippen molar-refractivity contribution >= 4 is 17.6 Å². The molecular weight excluding hydrogens is 380 g/mol. The number of allylic oxidation sites excluding steroid dienone is 2. The second-order valence-electron chi connectivity index (χ2n) is 7.94. The lowest BCUT2D eigenvalue weighted by atomic mass is 9.77. The molecule has 1 aliphatic carbocycles.